The Morgan fingerprint density at radius 1 is 1.18 bits per heavy atom. The van der Waals surface area contributed by atoms with Crippen LogP contribution in [0, 0.1) is 11.7 Å². The number of benzene rings is 2. The van der Waals surface area contributed by atoms with Crippen LogP contribution in [0.25, 0.3) is 5.69 Å². The number of hydrogen-bond donors (Lipinski definition) is 3. The lowest BCUT2D eigenvalue weighted by Crippen LogP contribution is -2.25. The number of rotatable bonds is 9. The van der Waals surface area contributed by atoms with Crippen molar-refractivity contribution in [1.29, 1.82) is 0 Å². The minimum absolute atomic E-state index is 0.149. The van der Waals surface area contributed by atoms with Crippen molar-refractivity contribution in [1.82, 2.24) is 20.1 Å². The number of nitrogens with zero attached hydrogens (tertiary/aromatic N) is 3. The zero-order valence-corrected chi connectivity index (χ0v) is 20.8. The molecule has 1 amide bonds. The molecule has 1 aliphatic carbocycles. The van der Waals surface area contributed by atoms with Crippen molar-refractivity contribution in [3.8, 4) is 5.69 Å². The fraction of sp³-hybridized carbons (Fsp3) is 0.269. The molecule has 12 heteroatoms. The zero-order valence-electron chi connectivity index (χ0n) is 20.0. The third-order valence-electron chi connectivity index (χ3n) is 6.20. The molecular weight excluding hydrogens is 520 g/mol. The number of halogens is 4. The van der Waals surface area contributed by atoms with Crippen molar-refractivity contribution in [3.05, 3.63) is 93.4 Å². The second kappa shape index (κ2) is 10.6. The highest BCUT2D eigenvalue weighted by Crippen LogP contribution is 2.33. The van der Waals surface area contributed by atoms with E-state index in [0.29, 0.717) is 23.1 Å². The lowest BCUT2D eigenvalue weighted by Gasteiger charge is -2.18. The predicted molar refractivity (Wildman–Crippen MR) is 135 cm³/mol. The first-order valence-corrected chi connectivity index (χ1v) is 12.8. The summed E-state index contributed by atoms with van der Waals surface area (Å²) < 4.78 is 56.2. The van der Waals surface area contributed by atoms with Gasteiger partial charge in [0.2, 0.25) is 0 Å². The van der Waals surface area contributed by atoms with Crippen LogP contribution in [0.5, 0.6) is 0 Å². The second-order valence-corrected chi connectivity index (χ2v) is 9.97. The molecule has 7 nitrogen and oxygen atoms in total. The van der Waals surface area contributed by atoms with E-state index in [-0.39, 0.29) is 24.0 Å². The van der Waals surface area contributed by atoms with E-state index in [2.05, 4.69) is 20.7 Å². The Morgan fingerprint density at radius 2 is 2.00 bits per heavy atom. The van der Waals surface area contributed by atoms with Gasteiger partial charge in [-0.2, -0.15) is 18.3 Å². The van der Waals surface area contributed by atoms with Gasteiger partial charge < -0.3 is 16.4 Å². The highest BCUT2D eigenvalue weighted by molar-refractivity contribution is 7.09. The zero-order chi connectivity index (χ0) is 26.9. The van der Waals surface area contributed by atoms with E-state index in [1.165, 1.54) is 35.6 Å². The van der Waals surface area contributed by atoms with Gasteiger partial charge in [0.15, 0.2) is 5.69 Å². The number of anilines is 1. The standard InChI is InChI=1S/C26H24F4N6OS/c27-19-7-6-17(23(25-32-8-9-38-25)33-14-15-4-5-15)11-20(19)34-24(37)21-12-22(26(28,29)30)35-36(21)18-3-1-2-16(10-18)13-31/h1-3,6-12,15,23,33H,4-5,13-14,31H2,(H,34,37). The Hall–Kier alpha value is -3.61. The van der Waals surface area contributed by atoms with Crippen LogP contribution in [-0.2, 0) is 12.7 Å². The van der Waals surface area contributed by atoms with Crippen LogP contribution < -0.4 is 16.4 Å². The molecule has 4 aromatic rings. The summed E-state index contributed by atoms with van der Waals surface area (Å²) in [5, 5.41) is 12.1. The first kappa shape index (κ1) is 26.0. The summed E-state index contributed by atoms with van der Waals surface area (Å²) >= 11 is 1.44. The number of aromatic nitrogens is 3. The molecule has 5 rings (SSSR count). The number of thiazole rings is 1. The Balaban J connectivity index is 1.47. The Morgan fingerprint density at radius 3 is 2.68 bits per heavy atom. The first-order chi connectivity index (χ1) is 18.2. The van der Waals surface area contributed by atoms with E-state index in [0.717, 1.165) is 29.1 Å². The average molecular weight is 545 g/mol. The minimum atomic E-state index is -4.79. The smallest absolute Gasteiger partial charge is 0.326 e. The van der Waals surface area contributed by atoms with Crippen molar-refractivity contribution >= 4 is 22.9 Å². The van der Waals surface area contributed by atoms with E-state index in [9.17, 15) is 22.4 Å². The normalized spacial score (nSPS) is 14.4. The molecule has 1 fully saturated rings. The highest BCUT2D eigenvalue weighted by atomic mass is 32.1. The molecule has 0 spiro atoms. The van der Waals surface area contributed by atoms with Crippen LogP contribution in [0.15, 0.2) is 60.1 Å². The largest absolute Gasteiger partial charge is 0.435 e. The molecule has 0 bridgehead atoms. The molecule has 2 aromatic heterocycles. The topological polar surface area (TPSA) is 97.9 Å². The maximum atomic E-state index is 14.8. The molecule has 0 saturated heterocycles. The second-order valence-electron chi connectivity index (χ2n) is 9.05. The van der Waals surface area contributed by atoms with E-state index in [4.69, 9.17) is 5.73 Å². The van der Waals surface area contributed by atoms with Gasteiger partial charge in [0.1, 0.15) is 16.5 Å². The molecule has 2 heterocycles. The number of carbonyl (C=O) groups is 1. The minimum Gasteiger partial charge on any atom is -0.326 e. The van der Waals surface area contributed by atoms with Crippen LogP contribution in [-0.4, -0.2) is 27.2 Å². The van der Waals surface area contributed by atoms with Gasteiger partial charge in [0, 0.05) is 24.2 Å². The summed E-state index contributed by atoms with van der Waals surface area (Å²) in [6.07, 6.45) is -0.823. The fourth-order valence-corrected chi connectivity index (χ4v) is 4.77. The summed E-state index contributed by atoms with van der Waals surface area (Å²) in [6.45, 7) is 0.917. The van der Waals surface area contributed by atoms with Crippen LogP contribution in [0.2, 0.25) is 0 Å². The summed E-state index contributed by atoms with van der Waals surface area (Å²) in [6, 6.07) is 11.0. The summed E-state index contributed by atoms with van der Waals surface area (Å²) in [5.74, 6) is -1.09. The first-order valence-electron chi connectivity index (χ1n) is 11.9. The fourth-order valence-electron chi connectivity index (χ4n) is 4.03. The van der Waals surface area contributed by atoms with Crippen LogP contribution in [0.4, 0.5) is 23.2 Å². The van der Waals surface area contributed by atoms with Crippen molar-refractivity contribution in [3.63, 3.8) is 0 Å². The molecule has 1 atom stereocenters. The van der Waals surface area contributed by atoms with Crippen LogP contribution in [0.3, 0.4) is 0 Å². The molecule has 1 unspecified atom stereocenters. The van der Waals surface area contributed by atoms with Gasteiger partial charge in [-0.05, 0) is 60.7 Å². The molecule has 38 heavy (non-hydrogen) atoms. The van der Waals surface area contributed by atoms with E-state index >= 15 is 0 Å². The number of nitrogens with two attached hydrogens (primary N) is 1. The van der Waals surface area contributed by atoms with Gasteiger partial charge in [-0.3, -0.25) is 4.79 Å². The van der Waals surface area contributed by atoms with Crippen molar-refractivity contribution in [2.24, 2.45) is 11.7 Å². The number of nitrogens with one attached hydrogen (secondary N) is 2. The van der Waals surface area contributed by atoms with E-state index < -0.39 is 29.3 Å². The van der Waals surface area contributed by atoms with Gasteiger partial charge in [-0.1, -0.05) is 18.2 Å². The Kier molecular flexibility index (Phi) is 7.28. The molecular formula is C26H24F4N6OS. The third-order valence-corrected chi connectivity index (χ3v) is 7.04. The monoisotopic (exact) mass is 544 g/mol. The van der Waals surface area contributed by atoms with Crippen molar-refractivity contribution in [2.75, 3.05) is 11.9 Å². The molecule has 1 saturated carbocycles. The number of hydrogen-bond acceptors (Lipinski definition) is 6. The lowest BCUT2D eigenvalue weighted by molar-refractivity contribution is -0.141. The van der Waals surface area contributed by atoms with Gasteiger partial charge >= 0.3 is 6.18 Å². The van der Waals surface area contributed by atoms with Crippen molar-refractivity contribution < 1.29 is 22.4 Å². The van der Waals surface area contributed by atoms with Crippen LogP contribution in [0.1, 0.15) is 51.2 Å². The Bertz CT molecular complexity index is 1430. The quantitative estimate of drug-likeness (QED) is 0.249. The molecule has 2 aromatic carbocycles. The van der Waals surface area contributed by atoms with Gasteiger partial charge in [-0.25, -0.2) is 14.1 Å². The predicted octanol–water partition coefficient (Wildman–Crippen LogP) is 5.29. The number of alkyl halides is 3. The van der Waals surface area contributed by atoms with Gasteiger partial charge in [-0.15, -0.1) is 11.3 Å². The summed E-state index contributed by atoms with van der Waals surface area (Å²) in [5.41, 5.74) is 5.37. The molecule has 1 aliphatic rings. The maximum absolute atomic E-state index is 14.8. The molecule has 4 N–H and O–H groups in total. The van der Waals surface area contributed by atoms with Gasteiger partial charge in [0.25, 0.3) is 5.91 Å². The molecule has 198 valence electrons. The molecule has 0 aliphatic heterocycles. The molecule has 0 radical (unpaired) electrons. The Labute approximate surface area is 219 Å². The summed E-state index contributed by atoms with van der Waals surface area (Å²) in [4.78, 5) is 17.6. The number of amides is 1. The maximum Gasteiger partial charge on any atom is 0.435 e. The van der Waals surface area contributed by atoms with Crippen molar-refractivity contribution in [2.45, 2.75) is 31.6 Å². The average Bonchev–Trinajstić information content (AvgIpc) is 3.36. The SMILES string of the molecule is NCc1cccc(-n2nc(C(F)(F)F)cc2C(=O)Nc2cc(C(NCC3CC3)c3nccs3)ccc2F)c1. The van der Waals surface area contributed by atoms with E-state index in [1.54, 1.807) is 24.4 Å². The highest BCUT2D eigenvalue weighted by Gasteiger charge is 2.36. The van der Waals surface area contributed by atoms with Gasteiger partial charge in [0.05, 0.1) is 17.4 Å². The number of carbonyl (C=O) groups excluding carboxylic acids is 1. The van der Waals surface area contributed by atoms with E-state index in [1.807, 2.05) is 5.38 Å². The lowest BCUT2D eigenvalue weighted by atomic mass is 10.1. The summed E-state index contributed by atoms with van der Waals surface area (Å²) in [7, 11) is 0. The third kappa shape index (κ3) is 5.77. The van der Waals surface area contributed by atoms with Crippen LogP contribution >= 0.6 is 11.3 Å².